The first-order valence-corrected chi connectivity index (χ1v) is 4.22. The number of esters is 1. The van der Waals surface area contributed by atoms with E-state index < -0.39 is 24.3 Å². The minimum absolute atomic E-state index is 0.451. The van der Waals surface area contributed by atoms with Gasteiger partial charge in [0, 0.05) is 6.42 Å². The molecule has 0 bridgehead atoms. The van der Waals surface area contributed by atoms with Crippen LogP contribution in [-0.4, -0.2) is 34.5 Å². The Labute approximate surface area is 76.8 Å². The van der Waals surface area contributed by atoms with Gasteiger partial charge in [0.1, 0.15) is 12.2 Å². The molecule has 0 unspecified atom stereocenters. The van der Waals surface area contributed by atoms with Gasteiger partial charge in [-0.05, 0) is 13.8 Å². The molecule has 1 saturated heterocycles. The zero-order valence-corrected chi connectivity index (χ0v) is 7.73. The van der Waals surface area contributed by atoms with Crippen LogP contribution in [0, 0.1) is 0 Å². The fourth-order valence-corrected chi connectivity index (χ4v) is 1.17. The Bertz CT molecular complexity index is 230. The monoisotopic (exact) mass is 186 g/mol. The summed E-state index contributed by atoms with van der Waals surface area (Å²) >= 11 is 0. The summed E-state index contributed by atoms with van der Waals surface area (Å²) in [5.41, 5.74) is 1.09. The van der Waals surface area contributed by atoms with Crippen molar-refractivity contribution in [2.45, 2.75) is 38.6 Å². The molecule has 3 atom stereocenters. The van der Waals surface area contributed by atoms with Gasteiger partial charge < -0.3 is 14.9 Å². The maximum Gasteiger partial charge on any atom is 0.338 e. The molecular weight excluding hydrogens is 172 g/mol. The van der Waals surface area contributed by atoms with Gasteiger partial charge in [-0.15, -0.1) is 0 Å². The first kappa shape index (κ1) is 10.2. The molecule has 0 saturated carbocycles. The molecule has 0 aliphatic carbocycles. The highest BCUT2D eigenvalue weighted by atomic mass is 16.6. The molecule has 1 rings (SSSR count). The molecule has 1 aliphatic heterocycles. The van der Waals surface area contributed by atoms with Crippen molar-refractivity contribution in [2.24, 2.45) is 0 Å². The second-order valence-corrected chi connectivity index (χ2v) is 3.43. The van der Waals surface area contributed by atoms with E-state index in [1.807, 2.05) is 19.9 Å². The van der Waals surface area contributed by atoms with E-state index in [0.717, 1.165) is 5.57 Å². The Morgan fingerprint density at radius 1 is 1.54 bits per heavy atom. The van der Waals surface area contributed by atoms with Crippen LogP contribution in [0.2, 0.25) is 0 Å². The van der Waals surface area contributed by atoms with E-state index >= 15 is 0 Å². The Kier molecular flexibility index (Phi) is 3.06. The number of aliphatic hydroxyl groups is 2. The molecule has 4 nitrogen and oxygen atoms in total. The van der Waals surface area contributed by atoms with Gasteiger partial charge in [-0.2, -0.15) is 0 Å². The van der Waals surface area contributed by atoms with E-state index in [0.29, 0.717) is 6.42 Å². The lowest BCUT2D eigenvalue weighted by molar-refractivity contribution is -0.147. The van der Waals surface area contributed by atoms with Gasteiger partial charge >= 0.3 is 5.97 Å². The van der Waals surface area contributed by atoms with Crippen LogP contribution in [0.5, 0.6) is 0 Å². The van der Waals surface area contributed by atoms with Crippen molar-refractivity contribution < 1.29 is 19.7 Å². The summed E-state index contributed by atoms with van der Waals surface area (Å²) in [6.07, 6.45) is -0.762. The second-order valence-electron chi connectivity index (χ2n) is 3.43. The van der Waals surface area contributed by atoms with Gasteiger partial charge in [0.05, 0.1) is 0 Å². The van der Waals surface area contributed by atoms with E-state index in [1.54, 1.807) is 0 Å². The number of hydrogen-bond acceptors (Lipinski definition) is 4. The maximum absolute atomic E-state index is 10.8. The third-order valence-corrected chi connectivity index (χ3v) is 1.97. The molecule has 0 aromatic heterocycles. The fraction of sp³-hybridized carbons (Fsp3) is 0.667. The lowest BCUT2D eigenvalue weighted by Gasteiger charge is -2.10. The highest BCUT2D eigenvalue weighted by Gasteiger charge is 2.41. The van der Waals surface area contributed by atoms with Crippen LogP contribution >= 0.6 is 0 Å². The van der Waals surface area contributed by atoms with E-state index in [1.165, 1.54) is 0 Å². The molecule has 13 heavy (non-hydrogen) atoms. The van der Waals surface area contributed by atoms with Crippen molar-refractivity contribution in [1.82, 2.24) is 0 Å². The van der Waals surface area contributed by atoms with Gasteiger partial charge in [0.15, 0.2) is 6.10 Å². The van der Waals surface area contributed by atoms with Crippen LogP contribution in [0.3, 0.4) is 0 Å². The SMILES string of the molecule is CC(C)=CC[C@H]1OC(=O)[C@H](O)[C@@H]1O. The standard InChI is InChI=1S/C9H14O4/c1-5(2)3-4-6-7(10)8(11)9(12)13-6/h3,6-8,10-11H,4H2,1-2H3/t6-,7-,8-/m1/s1. The maximum atomic E-state index is 10.8. The third-order valence-electron chi connectivity index (χ3n) is 1.97. The molecule has 4 heteroatoms. The van der Waals surface area contributed by atoms with Gasteiger partial charge in [-0.25, -0.2) is 4.79 Å². The number of rotatable bonds is 2. The first-order valence-electron chi connectivity index (χ1n) is 4.22. The third kappa shape index (κ3) is 2.29. The van der Waals surface area contributed by atoms with Crippen molar-refractivity contribution in [3.63, 3.8) is 0 Å². The topological polar surface area (TPSA) is 66.8 Å². The highest BCUT2D eigenvalue weighted by Crippen LogP contribution is 2.19. The minimum atomic E-state index is -1.38. The minimum Gasteiger partial charge on any atom is -0.457 e. The molecule has 74 valence electrons. The molecule has 1 fully saturated rings. The Balaban J connectivity index is 2.54. The van der Waals surface area contributed by atoms with Gasteiger partial charge in [0.2, 0.25) is 0 Å². The average Bonchev–Trinajstić information content (AvgIpc) is 2.29. The summed E-state index contributed by atoms with van der Waals surface area (Å²) in [6.45, 7) is 3.83. The first-order chi connectivity index (χ1) is 6.02. The van der Waals surface area contributed by atoms with Crippen LogP contribution < -0.4 is 0 Å². The number of cyclic esters (lactones) is 1. The zero-order chi connectivity index (χ0) is 10.0. The summed E-state index contributed by atoms with van der Waals surface area (Å²) < 4.78 is 4.75. The summed E-state index contributed by atoms with van der Waals surface area (Å²) in [4.78, 5) is 10.8. The van der Waals surface area contributed by atoms with Crippen LogP contribution in [0.25, 0.3) is 0 Å². The molecule has 0 radical (unpaired) electrons. The molecule has 0 spiro atoms. The second kappa shape index (κ2) is 3.89. The van der Waals surface area contributed by atoms with Crippen molar-refractivity contribution in [3.05, 3.63) is 11.6 Å². The predicted molar refractivity (Wildman–Crippen MR) is 45.9 cm³/mol. The average molecular weight is 186 g/mol. The Hall–Kier alpha value is -0.870. The van der Waals surface area contributed by atoms with Crippen LogP contribution in [0.4, 0.5) is 0 Å². The number of hydrogen-bond donors (Lipinski definition) is 2. The van der Waals surface area contributed by atoms with E-state index in [9.17, 15) is 9.90 Å². The van der Waals surface area contributed by atoms with Crippen molar-refractivity contribution >= 4 is 5.97 Å². The lowest BCUT2D eigenvalue weighted by Crippen LogP contribution is -2.30. The van der Waals surface area contributed by atoms with Crippen molar-refractivity contribution in [3.8, 4) is 0 Å². The van der Waals surface area contributed by atoms with E-state index in [-0.39, 0.29) is 0 Å². The quantitative estimate of drug-likeness (QED) is 0.470. The van der Waals surface area contributed by atoms with E-state index in [4.69, 9.17) is 9.84 Å². The molecule has 2 N–H and O–H groups in total. The van der Waals surface area contributed by atoms with Gasteiger partial charge in [0.25, 0.3) is 0 Å². The van der Waals surface area contributed by atoms with Gasteiger partial charge in [-0.1, -0.05) is 11.6 Å². The summed E-state index contributed by atoms with van der Waals surface area (Å²) in [5.74, 6) is -0.736. The van der Waals surface area contributed by atoms with Crippen molar-refractivity contribution in [2.75, 3.05) is 0 Å². The lowest BCUT2D eigenvalue weighted by atomic mass is 10.1. The Morgan fingerprint density at radius 3 is 2.54 bits per heavy atom. The van der Waals surface area contributed by atoms with Crippen molar-refractivity contribution in [1.29, 1.82) is 0 Å². The molecule has 0 amide bonds. The predicted octanol–water partition coefficient (Wildman–Crippen LogP) is -0.0101. The van der Waals surface area contributed by atoms with Crippen LogP contribution in [0.1, 0.15) is 20.3 Å². The summed E-state index contributed by atoms with van der Waals surface area (Å²) in [7, 11) is 0. The molecular formula is C9H14O4. The highest BCUT2D eigenvalue weighted by molar-refractivity contribution is 5.77. The number of ether oxygens (including phenoxy) is 1. The molecule has 0 aromatic rings. The number of carbonyl (C=O) groups is 1. The Morgan fingerprint density at radius 2 is 2.15 bits per heavy atom. The van der Waals surface area contributed by atoms with Gasteiger partial charge in [-0.3, -0.25) is 0 Å². The molecule has 1 heterocycles. The summed E-state index contributed by atoms with van der Waals surface area (Å²) in [6, 6.07) is 0. The molecule has 1 aliphatic rings. The van der Waals surface area contributed by atoms with E-state index in [2.05, 4.69) is 0 Å². The van der Waals surface area contributed by atoms with Crippen LogP contribution in [0.15, 0.2) is 11.6 Å². The largest absolute Gasteiger partial charge is 0.457 e. The number of allylic oxidation sites excluding steroid dienone is 1. The smallest absolute Gasteiger partial charge is 0.338 e. The number of aliphatic hydroxyl groups excluding tert-OH is 2. The summed E-state index contributed by atoms with van der Waals surface area (Å²) in [5, 5.41) is 18.4. The van der Waals surface area contributed by atoms with Crippen LogP contribution in [-0.2, 0) is 9.53 Å². The number of carbonyl (C=O) groups excluding carboxylic acids is 1. The zero-order valence-electron chi connectivity index (χ0n) is 7.73. The normalized spacial score (nSPS) is 32.9. The fourth-order valence-electron chi connectivity index (χ4n) is 1.17. The molecule has 0 aromatic carbocycles.